The molecule has 0 spiro atoms. The van der Waals surface area contributed by atoms with Crippen molar-refractivity contribution in [2.24, 2.45) is 0 Å². The van der Waals surface area contributed by atoms with E-state index in [4.69, 9.17) is 11.6 Å². The molecule has 0 aliphatic heterocycles. The Bertz CT molecular complexity index is 532. The summed E-state index contributed by atoms with van der Waals surface area (Å²) in [6.45, 7) is 2.25. The van der Waals surface area contributed by atoms with Gasteiger partial charge >= 0.3 is 0 Å². The quantitative estimate of drug-likeness (QED) is 0.912. The molecule has 2 aromatic rings. The van der Waals surface area contributed by atoms with Gasteiger partial charge in [-0.15, -0.1) is 0 Å². The molecule has 2 nitrogen and oxygen atoms in total. The normalized spacial score (nSPS) is 10.4. The Balaban J connectivity index is 2.13. The summed E-state index contributed by atoms with van der Waals surface area (Å²) in [5, 5.41) is 2.85. The predicted octanol–water partition coefficient (Wildman–Crippen LogP) is 3.93. The molecule has 94 valence electrons. The van der Waals surface area contributed by atoms with Crippen LogP contribution in [0, 0.1) is 18.6 Å². The Morgan fingerprint density at radius 1 is 1.28 bits per heavy atom. The Morgan fingerprint density at radius 2 is 2.06 bits per heavy atom. The molecule has 0 aliphatic rings. The van der Waals surface area contributed by atoms with E-state index in [-0.39, 0.29) is 10.7 Å². The third-order valence-corrected chi connectivity index (χ3v) is 2.75. The van der Waals surface area contributed by atoms with E-state index >= 15 is 0 Å². The first-order valence-electron chi connectivity index (χ1n) is 5.36. The van der Waals surface area contributed by atoms with E-state index in [0.717, 1.165) is 23.4 Å². The van der Waals surface area contributed by atoms with Crippen LogP contribution in [-0.2, 0) is 6.54 Å². The predicted molar refractivity (Wildman–Crippen MR) is 67.7 cm³/mol. The first kappa shape index (κ1) is 12.8. The first-order chi connectivity index (χ1) is 8.56. The van der Waals surface area contributed by atoms with Crippen LogP contribution in [0.15, 0.2) is 30.5 Å². The second-order valence-electron chi connectivity index (χ2n) is 3.91. The van der Waals surface area contributed by atoms with Crippen LogP contribution in [0.3, 0.4) is 0 Å². The fourth-order valence-electron chi connectivity index (χ4n) is 1.50. The molecule has 2 rings (SSSR count). The Hall–Kier alpha value is -1.68. The van der Waals surface area contributed by atoms with Crippen molar-refractivity contribution >= 4 is 17.3 Å². The molecular weight excluding hydrogens is 258 g/mol. The highest BCUT2D eigenvalue weighted by Gasteiger charge is 2.09. The maximum absolute atomic E-state index is 13.5. The van der Waals surface area contributed by atoms with Crippen molar-refractivity contribution in [1.29, 1.82) is 0 Å². The lowest BCUT2D eigenvalue weighted by Crippen LogP contribution is -2.03. The minimum atomic E-state index is -0.708. The number of hydrogen-bond acceptors (Lipinski definition) is 2. The Kier molecular flexibility index (Phi) is 3.77. The van der Waals surface area contributed by atoms with Crippen LogP contribution < -0.4 is 5.32 Å². The van der Waals surface area contributed by atoms with Gasteiger partial charge in [-0.25, -0.2) is 8.78 Å². The fourth-order valence-corrected chi connectivity index (χ4v) is 1.77. The number of benzene rings is 1. The van der Waals surface area contributed by atoms with E-state index in [1.807, 2.05) is 19.1 Å². The lowest BCUT2D eigenvalue weighted by Gasteiger charge is -2.09. The van der Waals surface area contributed by atoms with Crippen molar-refractivity contribution in [1.82, 2.24) is 4.98 Å². The standard InChI is InChI=1S/C13H11ClF2N2/c1-8-2-3-9(6-17-8)7-18-13-11(14)4-10(15)5-12(13)16/h2-6,18H,7H2,1H3. The fraction of sp³-hybridized carbons (Fsp3) is 0.154. The van der Waals surface area contributed by atoms with Crippen LogP contribution in [0.5, 0.6) is 0 Å². The molecule has 1 aromatic heterocycles. The zero-order valence-electron chi connectivity index (χ0n) is 9.67. The molecule has 5 heteroatoms. The number of aromatic nitrogens is 1. The van der Waals surface area contributed by atoms with Gasteiger partial charge in [0.1, 0.15) is 5.82 Å². The van der Waals surface area contributed by atoms with Crippen molar-refractivity contribution < 1.29 is 8.78 Å². The number of halogens is 3. The number of aryl methyl sites for hydroxylation is 1. The van der Waals surface area contributed by atoms with Crippen molar-refractivity contribution in [3.63, 3.8) is 0 Å². The van der Waals surface area contributed by atoms with E-state index < -0.39 is 11.6 Å². The van der Waals surface area contributed by atoms with Gasteiger partial charge in [-0.2, -0.15) is 0 Å². The summed E-state index contributed by atoms with van der Waals surface area (Å²) in [7, 11) is 0. The number of nitrogens with zero attached hydrogens (tertiary/aromatic N) is 1. The van der Waals surface area contributed by atoms with Gasteiger partial charge in [0.2, 0.25) is 0 Å². The molecule has 18 heavy (non-hydrogen) atoms. The van der Waals surface area contributed by atoms with Crippen LogP contribution in [0.2, 0.25) is 5.02 Å². The average molecular weight is 269 g/mol. The molecule has 1 aromatic carbocycles. The van der Waals surface area contributed by atoms with Crippen LogP contribution in [0.25, 0.3) is 0 Å². The molecule has 0 radical (unpaired) electrons. The maximum Gasteiger partial charge on any atom is 0.150 e. The summed E-state index contributed by atoms with van der Waals surface area (Å²) >= 11 is 5.77. The van der Waals surface area contributed by atoms with Crippen molar-refractivity contribution in [3.8, 4) is 0 Å². The summed E-state index contributed by atoms with van der Waals surface area (Å²) in [6.07, 6.45) is 1.69. The van der Waals surface area contributed by atoms with E-state index in [2.05, 4.69) is 10.3 Å². The summed E-state index contributed by atoms with van der Waals surface area (Å²) in [5.41, 5.74) is 1.89. The van der Waals surface area contributed by atoms with E-state index in [1.54, 1.807) is 6.20 Å². The van der Waals surface area contributed by atoms with Crippen molar-refractivity contribution in [2.75, 3.05) is 5.32 Å². The molecular formula is C13H11ClF2N2. The molecule has 0 saturated carbocycles. The molecule has 0 fully saturated rings. The van der Waals surface area contributed by atoms with E-state index in [0.29, 0.717) is 6.54 Å². The van der Waals surface area contributed by atoms with Crippen LogP contribution in [-0.4, -0.2) is 4.98 Å². The summed E-state index contributed by atoms with van der Waals surface area (Å²) in [4.78, 5) is 4.12. The molecule has 0 bridgehead atoms. The highest BCUT2D eigenvalue weighted by molar-refractivity contribution is 6.33. The van der Waals surface area contributed by atoms with Crippen LogP contribution >= 0.6 is 11.6 Å². The number of rotatable bonds is 3. The molecule has 0 saturated heterocycles. The average Bonchev–Trinajstić information content (AvgIpc) is 2.30. The second kappa shape index (κ2) is 5.31. The lowest BCUT2D eigenvalue weighted by molar-refractivity contribution is 0.585. The van der Waals surface area contributed by atoms with Gasteiger partial charge < -0.3 is 5.32 Å². The number of hydrogen-bond donors (Lipinski definition) is 1. The zero-order chi connectivity index (χ0) is 13.1. The molecule has 0 aliphatic carbocycles. The number of nitrogens with one attached hydrogen (secondary N) is 1. The molecule has 0 amide bonds. The summed E-state index contributed by atoms with van der Waals surface area (Å²) in [6, 6.07) is 5.60. The minimum absolute atomic E-state index is 0.0209. The third kappa shape index (κ3) is 2.96. The zero-order valence-corrected chi connectivity index (χ0v) is 10.4. The van der Waals surface area contributed by atoms with E-state index in [1.165, 1.54) is 0 Å². The SMILES string of the molecule is Cc1ccc(CNc2c(F)cc(F)cc2Cl)cn1. The first-order valence-corrected chi connectivity index (χ1v) is 5.74. The van der Waals surface area contributed by atoms with Gasteiger partial charge in [-0.1, -0.05) is 17.7 Å². The molecule has 0 unspecified atom stereocenters. The molecule has 0 atom stereocenters. The summed E-state index contributed by atoms with van der Waals surface area (Å²) < 4.78 is 26.3. The maximum atomic E-state index is 13.5. The van der Waals surface area contributed by atoms with Gasteiger partial charge in [0.15, 0.2) is 5.82 Å². The topological polar surface area (TPSA) is 24.9 Å². The van der Waals surface area contributed by atoms with Crippen molar-refractivity contribution in [3.05, 3.63) is 58.4 Å². The van der Waals surface area contributed by atoms with Gasteiger partial charge in [0.25, 0.3) is 0 Å². The second-order valence-corrected chi connectivity index (χ2v) is 4.31. The molecule has 1 N–H and O–H groups in total. The largest absolute Gasteiger partial charge is 0.377 e. The van der Waals surface area contributed by atoms with Gasteiger partial charge in [-0.05, 0) is 24.6 Å². The van der Waals surface area contributed by atoms with Gasteiger partial charge in [-0.3, -0.25) is 4.98 Å². The minimum Gasteiger partial charge on any atom is -0.377 e. The van der Waals surface area contributed by atoms with Gasteiger partial charge in [0.05, 0.1) is 10.7 Å². The lowest BCUT2D eigenvalue weighted by atomic mass is 10.2. The third-order valence-electron chi connectivity index (χ3n) is 2.45. The van der Waals surface area contributed by atoms with Crippen LogP contribution in [0.1, 0.15) is 11.3 Å². The smallest absolute Gasteiger partial charge is 0.150 e. The van der Waals surface area contributed by atoms with E-state index in [9.17, 15) is 8.78 Å². The highest BCUT2D eigenvalue weighted by atomic mass is 35.5. The Morgan fingerprint density at radius 3 is 2.67 bits per heavy atom. The van der Waals surface area contributed by atoms with Crippen LogP contribution in [0.4, 0.5) is 14.5 Å². The number of anilines is 1. The monoisotopic (exact) mass is 268 g/mol. The molecule has 1 heterocycles. The Labute approximate surface area is 109 Å². The van der Waals surface area contributed by atoms with Crippen molar-refractivity contribution in [2.45, 2.75) is 13.5 Å². The summed E-state index contributed by atoms with van der Waals surface area (Å²) in [5.74, 6) is -1.40. The highest BCUT2D eigenvalue weighted by Crippen LogP contribution is 2.26. The number of pyridine rings is 1. The van der Waals surface area contributed by atoms with Gasteiger partial charge in [0, 0.05) is 24.5 Å².